The molecule has 1 aliphatic heterocycles. The minimum atomic E-state index is -3.53. The Hall–Kier alpha value is -1.42. The van der Waals surface area contributed by atoms with Crippen molar-refractivity contribution >= 4 is 33.0 Å². The molecule has 7 nitrogen and oxygen atoms in total. The number of nitrogens with zero attached hydrogens (tertiary/aromatic N) is 2. The Bertz CT molecular complexity index is 671. The van der Waals surface area contributed by atoms with Crippen LogP contribution in [0, 0.1) is 0 Å². The van der Waals surface area contributed by atoms with Crippen LogP contribution in [-0.4, -0.2) is 70.1 Å². The molecule has 0 aromatic heterocycles. The standard InChI is InChI=1S/C14H22N4O3S2/c1-15-14(22)16-12-10-11(4-5-13(12)21-3)23(19,20)18-8-6-17(2)7-9-18/h4-5,10H,6-9H2,1-3H3,(H2,15,16,22). The molecule has 1 aromatic carbocycles. The molecule has 1 aliphatic rings. The van der Waals surface area contributed by atoms with Gasteiger partial charge in [-0.25, -0.2) is 8.42 Å². The zero-order chi connectivity index (χ0) is 17.0. The quantitative estimate of drug-likeness (QED) is 0.761. The van der Waals surface area contributed by atoms with Crippen molar-refractivity contribution in [1.29, 1.82) is 0 Å². The summed E-state index contributed by atoms with van der Waals surface area (Å²) in [6.07, 6.45) is 0. The van der Waals surface area contributed by atoms with E-state index in [1.165, 1.54) is 11.4 Å². The lowest BCUT2D eigenvalue weighted by molar-refractivity contribution is 0.222. The van der Waals surface area contributed by atoms with Crippen molar-refractivity contribution in [2.24, 2.45) is 0 Å². The van der Waals surface area contributed by atoms with Gasteiger partial charge in [0.15, 0.2) is 5.11 Å². The molecule has 0 spiro atoms. The zero-order valence-corrected chi connectivity index (χ0v) is 15.1. The number of methoxy groups -OCH3 is 1. The molecule has 2 rings (SSSR count). The van der Waals surface area contributed by atoms with E-state index < -0.39 is 10.0 Å². The van der Waals surface area contributed by atoms with E-state index in [0.717, 1.165) is 13.1 Å². The van der Waals surface area contributed by atoms with E-state index in [9.17, 15) is 8.42 Å². The first-order valence-corrected chi connectivity index (χ1v) is 9.08. The van der Waals surface area contributed by atoms with E-state index >= 15 is 0 Å². The third kappa shape index (κ3) is 4.11. The molecule has 2 N–H and O–H groups in total. The Morgan fingerprint density at radius 1 is 1.26 bits per heavy atom. The fraction of sp³-hybridized carbons (Fsp3) is 0.500. The van der Waals surface area contributed by atoms with Crippen molar-refractivity contribution in [3.05, 3.63) is 18.2 Å². The van der Waals surface area contributed by atoms with E-state index in [2.05, 4.69) is 15.5 Å². The highest BCUT2D eigenvalue weighted by atomic mass is 32.2. The van der Waals surface area contributed by atoms with Gasteiger partial charge in [0.25, 0.3) is 0 Å². The maximum Gasteiger partial charge on any atom is 0.243 e. The summed E-state index contributed by atoms with van der Waals surface area (Å²) in [6.45, 7) is 2.43. The number of nitrogens with one attached hydrogen (secondary N) is 2. The Labute approximate surface area is 142 Å². The molecule has 1 heterocycles. The number of piperazine rings is 1. The molecular formula is C14H22N4O3S2. The van der Waals surface area contributed by atoms with Crippen LogP contribution in [0.4, 0.5) is 5.69 Å². The predicted molar refractivity (Wildman–Crippen MR) is 94.5 cm³/mol. The number of likely N-dealkylation sites (N-methyl/N-ethyl adjacent to an activating group) is 1. The fourth-order valence-corrected chi connectivity index (χ4v) is 3.87. The molecular weight excluding hydrogens is 336 g/mol. The van der Waals surface area contributed by atoms with Crippen LogP contribution in [0.5, 0.6) is 5.75 Å². The van der Waals surface area contributed by atoms with Crippen LogP contribution < -0.4 is 15.4 Å². The van der Waals surface area contributed by atoms with Gasteiger partial charge in [-0.1, -0.05) is 0 Å². The SMILES string of the molecule is CNC(=S)Nc1cc(S(=O)(=O)N2CCN(C)CC2)ccc1OC. The lowest BCUT2D eigenvalue weighted by Crippen LogP contribution is -2.47. The van der Waals surface area contributed by atoms with Crippen molar-refractivity contribution in [3.8, 4) is 5.75 Å². The Morgan fingerprint density at radius 2 is 1.91 bits per heavy atom. The van der Waals surface area contributed by atoms with Crippen LogP contribution in [0.3, 0.4) is 0 Å². The second kappa shape index (κ2) is 7.43. The van der Waals surface area contributed by atoms with Crippen LogP contribution in [0.15, 0.2) is 23.1 Å². The van der Waals surface area contributed by atoms with E-state index in [1.807, 2.05) is 7.05 Å². The van der Waals surface area contributed by atoms with Gasteiger partial charge in [-0.2, -0.15) is 4.31 Å². The average Bonchev–Trinajstić information content (AvgIpc) is 2.55. The van der Waals surface area contributed by atoms with Gasteiger partial charge in [0, 0.05) is 33.2 Å². The van der Waals surface area contributed by atoms with Crippen LogP contribution in [0.1, 0.15) is 0 Å². The molecule has 23 heavy (non-hydrogen) atoms. The lowest BCUT2D eigenvalue weighted by Gasteiger charge is -2.31. The zero-order valence-electron chi connectivity index (χ0n) is 13.5. The summed E-state index contributed by atoms with van der Waals surface area (Å²) >= 11 is 5.08. The van der Waals surface area contributed by atoms with Gasteiger partial charge in [0.05, 0.1) is 17.7 Å². The normalized spacial score (nSPS) is 16.8. The Morgan fingerprint density at radius 3 is 2.48 bits per heavy atom. The monoisotopic (exact) mass is 358 g/mol. The van der Waals surface area contributed by atoms with Crippen molar-refractivity contribution < 1.29 is 13.2 Å². The van der Waals surface area contributed by atoms with Crippen molar-refractivity contribution in [2.75, 3.05) is 52.7 Å². The van der Waals surface area contributed by atoms with Crippen molar-refractivity contribution in [1.82, 2.24) is 14.5 Å². The largest absolute Gasteiger partial charge is 0.495 e. The molecule has 9 heteroatoms. The first-order chi connectivity index (χ1) is 10.9. The molecule has 0 amide bonds. The lowest BCUT2D eigenvalue weighted by atomic mass is 10.3. The molecule has 0 radical (unpaired) electrons. The summed E-state index contributed by atoms with van der Waals surface area (Å²) in [5.74, 6) is 0.528. The predicted octanol–water partition coefficient (Wildman–Crippen LogP) is 0.548. The summed E-state index contributed by atoms with van der Waals surface area (Å²) in [7, 11) is 1.67. The van der Waals surface area contributed by atoms with Crippen LogP contribution in [0.2, 0.25) is 0 Å². The number of anilines is 1. The number of hydrogen-bond donors (Lipinski definition) is 2. The maximum absolute atomic E-state index is 12.8. The number of benzene rings is 1. The molecule has 0 unspecified atom stereocenters. The third-order valence-electron chi connectivity index (χ3n) is 3.75. The molecule has 0 aliphatic carbocycles. The van der Waals surface area contributed by atoms with E-state index in [1.54, 1.807) is 25.2 Å². The smallest absolute Gasteiger partial charge is 0.243 e. The van der Waals surface area contributed by atoms with Crippen LogP contribution in [0.25, 0.3) is 0 Å². The number of rotatable bonds is 4. The first kappa shape index (κ1) is 17.9. The van der Waals surface area contributed by atoms with Gasteiger partial charge in [-0.15, -0.1) is 0 Å². The molecule has 1 aromatic rings. The maximum atomic E-state index is 12.8. The highest BCUT2D eigenvalue weighted by Gasteiger charge is 2.28. The summed E-state index contributed by atoms with van der Waals surface area (Å²) < 4.78 is 32.3. The minimum absolute atomic E-state index is 0.226. The highest BCUT2D eigenvalue weighted by Crippen LogP contribution is 2.29. The number of ether oxygens (including phenoxy) is 1. The molecule has 0 saturated carbocycles. The topological polar surface area (TPSA) is 73.9 Å². The average molecular weight is 358 g/mol. The summed E-state index contributed by atoms with van der Waals surface area (Å²) in [5, 5.41) is 6.11. The first-order valence-electron chi connectivity index (χ1n) is 7.24. The second-order valence-electron chi connectivity index (χ2n) is 5.27. The summed E-state index contributed by atoms with van der Waals surface area (Å²) in [6, 6.07) is 4.74. The van der Waals surface area contributed by atoms with Gasteiger partial charge in [-0.3, -0.25) is 0 Å². The molecule has 0 atom stereocenters. The second-order valence-corrected chi connectivity index (χ2v) is 7.62. The molecule has 0 bridgehead atoms. The fourth-order valence-electron chi connectivity index (χ4n) is 2.31. The highest BCUT2D eigenvalue weighted by molar-refractivity contribution is 7.89. The minimum Gasteiger partial charge on any atom is -0.495 e. The van der Waals surface area contributed by atoms with Gasteiger partial charge >= 0.3 is 0 Å². The summed E-state index contributed by atoms with van der Waals surface area (Å²) in [5.41, 5.74) is 0.516. The van der Waals surface area contributed by atoms with E-state index in [0.29, 0.717) is 29.6 Å². The Kier molecular flexibility index (Phi) is 5.79. The third-order valence-corrected chi connectivity index (χ3v) is 5.95. The Balaban J connectivity index is 2.31. The van der Waals surface area contributed by atoms with Crippen molar-refractivity contribution in [2.45, 2.75) is 4.90 Å². The molecule has 1 saturated heterocycles. The number of sulfonamides is 1. The summed E-state index contributed by atoms with van der Waals surface area (Å²) in [4.78, 5) is 2.34. The van der Waals surface area contributed by atoms with Gasteiger partial charge in [0.2, 0.25) is 10.0 Å². The van der Waals surface area contributed by atoms with Gasteiger partial charge in [-0.05, 0) is 37.5 Å². The van der Waals surface area contributed by atoms with Crippen molar-refractivity contribution in [3.63, 3.8) is 0 Å². The molecule has 128 valence electrons. The van der Waals surface area contributed by atoms with Gasteiger partial charge < -0.3 is 20.3 Å². The van der Waals surface area contributed by atoms with Crippen LogP contribution >= 0.6 is 12.2 Å². The van der Waals surface area contributed by atoms with E-state index in [-0.39, 0.29) is 4.90 Å². The number of thiocarbonyl (C=S) groups is 1. The molecule has 1 fully saturated rings. The van der Waals surface area contributed by atoms with E-state index in [4.69, 9.17) is 17.0 Å². The van der Waals surface area contributed by atoms with Gasteiger partial charge in [0.1, 0.15) is 5.75 Å². The van der Waals surface area contributed by atoms with Crippen LogP contribution in [-0.2, 0) is 10.0 Å². The number of hydrogen-bond acceptors (Lipinski definition) is 5.